The Hall–Kier alpha value is -1.60. The van der Waals surface area contributed by atoms with E-state index >= 15 is 0 Å². The first-order chi connectivity index (χ1) is 10.1. The zero-order valence-electron chi connectivity index (χ0n) is 12.5. The standard InChI is InChI=1S/C15H19F3N2O2/c1-14(2)9-22-12(8-20(14)13(21)7-19)10-4-3-5-11(6-10)15(16,17)18/h3-6,12H,7-9,19H2,1-2H3. The zero-order chi connectivity index (χ0) is 16.5. The summed E-state index contributed by atoms with van der Waals surface area (Å²) < 4.78 is 44.1. The number of halogens is 3. The van der Waals surface area contributed by atoms with E-state index in [9.17, 15) is 18.0 Å². The number of benzene rings is 1. The van der Waals surface area contributed by atoms with Gasteiger partial charge in [-0.1, -0.05) is 12.1 Å². The van der Waals surface area contributed by atoms with Gasteiger partial charge in [0, 0.05) is 0 Å². The van der Waals surface area contributed by atoms with E-state index in [-0.39, 0.29) is 25.6 Å². The van der Waals surface area contributed by atoms with Crippen LogP contribution in [-0.4, -0.2) is 36.0 Å². The maximum atomic E-state index is 12.8. The van der Waals surface area contributed by atoms with Crippen molar-refractivity contribution >= 4 is 5.91 Å². The highest BCUT2D eigenvalue weighted by Crippen LogP contribution is 2.34. The Kier molecular flexibility index (Phi) is 4.49. The van der Waals surface area contributed by atoms with Crippen LogP contribution in [0.1, 0.15) is 31.1 Å². The van der Waals surface area contributed by atoms with Crippen molar-refractivity contribution in [1.82, 2.24) is 4.90 Å². The molecule has 1 aromatic rings. The average Bonchev–Trinajstić information content (AvgIpc) is 2.45. The minimum atomic E-state index is -4.41. The van der Waals surface area contributed by atoms with Crippen LogP contribution in [0.4, 0.5) is 13.2 Å². The van der Waals surface area contributed by atoms with Crippen LogP contribution in [0.5, 0.6) is 0 Å². The van der Waals surface area contributed by atoms with Gasteiger partial charge in [0.1, 0.15) is 6.10 Å². The van der Waals surface area contributed by atoms with E-state index in [4.69, 9.17) is 10.5 Å². The van der Waals surface area contributed by atoms with E-state index in [0.29, 0.717) is 5.56 Å². The number of nitrogens with zero attached hydrogens (tertiary/aromatic N) is 1. The molecule has 7 heteroatoms. The third-order valence-corrected chi connectivity index (χ3v) is 3.78. The second-order valence-corrected chi connectivity index (χ2v) is 5.94. The number of hydrogen-bond acceptors (Lipinski definition) is 3. The van der Waals surface area contributed by atoms with Crippen LogP contribution >= 0.6 is 0 Å². The monoisotopic (exact) mass is 316 g/mol. The number of rotatable bonds is 2. The van der Waals surface area contributed by atoms with Gasteiger partial charge in [-0.05, 0) is 31.5 Å². The van der Waals surface area contributed by atoms with Gasteiger partial charge in [-0.3, -0.25) is 4.79 Å². The number of ether oxygens (including phenoxy) is 1. The molecule has 1 aliphatic rings. The van der Waals surface area contributed by atoms with Gasteiger partial charge in [0.25, 0.3) is 0 Å². The van der Waals surface area contributed by atoms with Crippen molar-refractivity contribution in [3.05, 3.63) is 35.4 Å². The van der Waals surface area contributed by atoms with Gasteiger partial charge in [0.15, 0.2) is 0 Å². The summed E-state index contributed by atoms with van der Waals surface area (Å²) in [5.74, 6) is -0.245. The Labute approximate surface area is 127 Å². The Morgan fingerprint density at radius 1 is 1.45 bits per heavy atom. The summed E-state index contributed by atoms with van der Waals surface area (Å²) in [6.07, 6.45) is -5.00. The molecule has 0 bridgehead atoms. The van der Waals surface area contributed by atoms with E-state index in [0.717, 1.165) is 12.1 Å². The molecule has 2 rings (SSSR count). The van der Waals surface area contributed by atoms with Crippen molar-refractivity contribution in [3.8, 4) is 0 Å². The molecule has 1 unspecified atom stereocenters. The largest absolute Gasteiger partial charge is 0.416 e. The van der Waals surface area contributed by atoms with E-state index < -0.39 is 23.4 Å². The van der Waals surface area contributed by atoms with E-state index in [1.54, 1.807) is 11.0 Å². The third-order valence-electron chi connectivity index (χ3n) is 3.78. The predicted molar refractivity (Wildman–Crippen MR) is 75.0 cm³/mol. The maximum Gasteiger partial charge on any atom is 0.416 e. The number of morpholine rings is 1. The second kappa shape index (κ2) is 5.89. The summed E-state index contributed by atoms with van der Waals surface area (Å²) in [5.41, 5.74) is 4.55. The van der Waals surface area contributed by atoms with Crippen LogP contribution in [0.3, 0.4) is 0 Å². The highest BCUT2D eigenvalue weighted by atomic mass is 19.4. The molecule has 0 saturated carbocycles. The molecule has 2 N–H and O–H groups in total. The van der Waals surface area contributed by atoms with Gasteiger partial charge in [0.2, 0.25) is 5.91 Å². The van der Waals surface area contributed by atoms with Crippen molar-refractivity contribution in [2.24, 2.45) is 5.73 Å². The molecule has 1 atom stereocenters. The van der Waals surface area contributed by atoms with Gasteiger partial charge in [-0.15, -0.1) is 0 Å². The predicted octanol–water partition coefficient (Wildman–Crippen LogP) is 2.34. The average molecular weight is 316 g/mol. The molecule has 0 aromatic heterocycles. The lowest BCUT2D eigenvalue weighted by Gasteiger charge is -2.45. The van der Waals surface area contributed by atoms with Gasteiger partial charge < -0.3 is 15.4 Å². The van der Waals surface area contributed by atoms with Crippen molar-refractivity contribution in [2.75, 3.05) is 19.7 Å². The molecular weight excluding hydrogens is 297 g/mol. The second-order valence-electron chi connectivity index (χ2n) is 5.94. The summed E-state index contributed by atoms with van der Waals surface area (Å²) in [6, 6.07) is 4.99. The quantitative estimate of drug-likeness (QED) is 0.911. The minimum absolute atomic E-state index is 0.140. The first-order valence-electron chi connectivity index (χ1n) is 6.94. The summed E-state index contributed by atoms with van der Waals surface area (Å²) in [6.45, 7) is 3.95. The van der Waals surface area contributed by atoms with Crippen molar-refractivity contribution in [1.29, 1.82) is 0 Å². The lowest BCUT2D eigenvalue weighted by molar-refractivity contribution is -0.153. The molecule has 4 nitrogen and oxygen atoms in total. The van der Waals surface area contributed by atoms with Crippen molar-refractivity contribution in [2.45, 2.75) is 31.7 Å². The summed E-state index contributed by atoms with van der Waals surface area (Å²) in [7, 11) is 0. The van der Waals surface area contributed by atoms with Crippen LogP contribution in [0, 0.1) is 0 Å². The molecule has 1 heterocycles. The summed E-state index contributed by atoms with van der Waals surface area (Å²) in [5, 5.41) is 0. The molecule has 1 amide bonds. The first-order valence-corrected chi connectivity index (χ1v) is 6.94. The summed E-state index contributed by atoms with van der Waals surface area (Å²) in [4.78, 5) is 13.5. The van der Waals surface area contributed by atoms with Crippen LogP contribution in [-0.2, 0) is 15.7 Å². The zero-order valence-corrected chi connectivity index (χ0v) is 12.5. The Morgan fingerprint density at radius 3 is 2.73 bits per heavy atom. The van der Waals surface area contributed by atoms with Crippen LogP contribution < -0.4 is 5.73 Å². The van der Waals surface area contributed by atoms with Crippen LogP contribution in [0.25, 0.3) is 0 Å². The third kappa shape index (κ3) is 3.41. The Bertz CT molecular complexity index is 558. The molecule has 122 valence electrons. The molecule has 1 fully saturated rings. The lowest BCUT2D eigenvalue weighted by Crippen LogP contribution is -2.57. The van der Waals surface area contributed by atoms with E-state index in [1.807, 2.05) is 13.8 Å². The van der Waals surface area contributed by atoms with Gasteiger partial charge >= 0.3 is 6.18 Å². The molecule has 0 aliphatic carbocycles. The van der Waals surface area contributed by atoms with Crippen molar-refractivity contribution in [3.63, 3.8) is 0 Å². The summed E-state index contributed by atoms with van der Waals surface area (Å²) >= 11 is 0. The molecular formula is C15H19F3N2O2. The molecule has 1 aromatic carbocycles. The maximum absolute atomic E-state index is 12.8. The SMILES string of the molecule is CC1(C)COC(c2cccc(C(F)(F)F)c2)CN1C(=O)CN. The topological polar surface area (TPSA) is 55.6 Å². The Morgan fingerprint density at radius 2 is 2.14 bits per heavy atom. The van der Waals surface area contributed by atoms with Gasteiger partial charge in [-0.25, -0.2) is 0 Å². The van der Waals surface area contributed by atoms with Crippen molar-refractivity contribution < 1.29 is 22.7 Å². The Balaban J connectivity index is 2.25. The number of carbonyl (C=O) groups is 1. The molecule has 1 saturated heterocycles. The highest BCUT2D eigenvalue weighted by Gasteiger charge is 2.38. The number of alkyl halides is 3. The van der Waals surface area contributed by atoms with E-state index in [1.165, 1.54) is 6.07 Å². The van der Waals surface area contributed by atoms with Gasteiger partial charge in [-0.2, -0.15) is 13.2 Å². The number of hydrogen-bond donors (Lipinski definition) is 1. The number of nitrogens with two attached hydrogens (primary N) is 1. The minimum Gasteiger partial charge on any atom is -0.369 e. The lowest BCUT2D eigenvalue weighted by atomic mass is 9.97. The number of amides is 1. The fourth-order valence-corrected chi connectivity index (χ4v) is 2.51. The fraction of sp³-hybridized carbons (Fsp3) is 0.533. The fourth-order valence-electron chi connectivity index (χ4n) is 2.51. The van der Waals surface area contributed by atoms with Crippen LogP contribution in [0.2, 0.25) is 0 Å². The van der Waals surface area contributed by atoms with Crippen LogP contribution in [0.15, 0.2) is 24.3 Å². The molecule has 0 radical (unpaired) electrons. The van der Waals surface area contributed by atoms with E-state index in [2.05, 4.69) is 0 Å². The molecule has 0 spiro atoms. The molecule has 22 heavy (non-hydrogen) atoms. The highest BCUT2D eigenvalue weighted by molar-refractivity contribution is 5.79. The number of carbonyl (C=O) groups excluding carboxylic acids is 1. The molecule has 1 aliphatic heterocycles. The van der Waals surface area contributed by atoms with Gasteiger partial charge in [0.05, 0.1) is 30.8 Å². The smallest absolute Gasteiger partial charge is 0.369 e. The first kappa shape index (κ1) is 16.8. The normalized spacial score (nSPS) is 21.7.